The quantitative estimate of drug-likeness (QED) is 0.181. The van der Waals surface area contributed by atoms with Crippen molar-refractivity contribution in [3.05, 3.63) is 47.2 Å². The summed E-state index contributed by atoms with van der Waals surface area (Å²) < 4.78 is 48.1. The van der Waals surface area contributed by atoms with Crippen molar-refractivity contribution < 1.29 is 56.8 Å². The number of hydrogen-bond acceptors (Lipinski definition) is 15. The Balaban J connectivity index is 1.30. The predicted molar refractivity (Wildman–Crippen MR) is 159 cm³/mol. The molecule has 0 saturated carbocycles. The highest BCUT2D eigenvalue weighted by Crippen LogP contribution is 2.63. The smallest absolute Gasteiger partial charge is 0.308 e. The number of benzene rings is 1. The zero-order valence-electron chi connectivity index (χ0n) is 27.4. The summed E-state index contributed by atoms with van der Waals surface area (Å²) in [4.78, 5) is 51.6. The van der Waals surface area contributed by atoms with E-state index in [9.17, 15) is 19.2 Å². The minimum absolute atomic E-state index is 0.0609. The molecule has 5 unspecified atom stereocenters. The number of esters is 4. The second-order valence-corrected chi connectivity index (χ2v) is 12.9. The van der Waals surface area contributed by atoms with E-state index < -0.39 is 72.2 Å². The number of aromatic nitrogens is 2. The van der Waals surface area contributed by atoms with Gasteiger partial charge in [0.1, 0.15) is 12.2 Å². The fourth-order valence-corrected chi connectivity index (χ4v) is 8.23. The Morgan fingerprint density at radius 1 is 0.917 bits per heavy atom. The van der Waals surface area contributed by atoms with Crippen LogP contribution in [0.3, 0.4) is 0 Å². The summed E-state index contributed by atoms with van der Waals surface area (Å²) in [7, 11) is 2.12. The van der Waals surface area contributed by atoms with Gasteiger partial charge in [0.15, 0.2) is 35.9 Å². The molecule has 2 fully saturated rings. The zero-order chi connectivity index (χ0) is 34.1. The fraction of sp³-hybridized carbons (Fsp3) is 0.576. The number of carbonyl (C=O) groups is 4. The highest BCUT2D eigenvalue weighted by Gasteiger charge is 2.65. The largest absolute Gasteiger partial charge is 0.482 e. The second kappa shape index (κ2) is 12.0. The van der Waals surface area contributed by atoms with E-state index in [0.29, 0.717) is 11.5 Å². The number of aryl methyl sites for hydroxylation is 1. The summed E-state index contributed by atoms with van der Waals surface area (Å²) in [6.07, 6.45) is -2.57. The lowest BCUT2D eigenvalue weighted by atomic mass is 9.53. The van der Waals surface area contributed by atoms with Crippen molar-refractivity contribution >= 4 is 23.9 Å². The highest BCUT2D eigenvalue weighted by atomic mass is 16.7. The minimum Gasteiger partial charge on any atom is -0.482 e. The van der Waals surface area contributed by atoms with Gasteiger partial charge in [0.05, 0.1) is 0 Å². The normalized spacial score (nSPS) is 34.4. The lowest BCUT2D eigenvalue weighted by Crippen LogP contribution is -2.66. The van der Waals surface area contributed by atoms with Gasteiger partial charge >= 0.3 is 23.9 Å². The van der Waals surface area contributed by atoms with Gasteiger partial charge in [-0.2, -0.15) is 0 Å². The molecule has 0 radical (unpaired) electrons. The molecule has 4 heterocycles. The Hall–Kier alpha value is -4.34. The Labute approximate surface area is 275 Å². The molecule has 1 aromatic heterocycles. The number of ether oxygens (including phenoxy) is 7. The van der Waals surface area contributed by atoms with Crippen molar-refractivity contribution in [2.45, 2.75) is 102 Å². The standard InChI is InChI=1S/C33H37N3O12/c1-14-34-35-31(41-14)28-26(43-16(3)38)27(44-17(4)39)29(45-18(5)40)32(48-28)46-23-10-8-20-21-13-19-7-9-22(42-15(2)37)25-24(19)33(20,30(23)47-25)11-12-36(21)6/h7-10,20-21,23,26-30,32H,11-13H2,1-6H3/t20?,21-,23?,26+,27?,28?,29?,30+,32-,33+/m1/s1. The van der Waals surface area contributed by atoms with Gasteiger partial charge in [-0.1, -0.05) is 18.2 Å². The molecule has 2 aliphatic carbocycles. The van der Waals surface area contributed by atoms with Crippen LogP contribution in [0.5, 0.6) is 11.5 Å². The van der Waals surface area contributed by atoms with Crippen molar-refractivity contribution in [1.82, 2.24) is 15.1 Å². The van der Waals surface area contributed by atoms with Gasteiger partial charge in [-0.05, 0) is 38.1 Å². The summed E-state index contributed by atoms with van der Waals surface area (Å²) in [5.74, 6) is -1.57. The first-order valence-electron chi connectivity index (χ1n) is 15.9. The molecule has 256 valence electrons. The van der Waals surface area contributed by atoms with Gasteiger partial charge in [-0.3, -0.25) is 19.2 Å². The molecule has 1 aromatic carbocycles. The third kappa shape index (κ3) is 5.24. The Morgan fingerprint density at radius 2 is 1.62 bits per heavy atom. The van der Waals surface area contributed by atoms with E-state index in [0.717, 1.165) is 30.5 Å². The van der Waals surface area contributed by atoms with Crippen molar-refractivity contribution in [3.63, 3.8) is 0 Å². The summed E-state index contributed by atoms with van der Waals surface area (Å²) in [5.41, 5.74) is 1.59. The van der Waals surface area contributed by atoms with Crippen molar-refractivity contribution in [1.29, 1.82) is 0 Å². The maximum absolute atomic E-state index is 12.5. The zero-order valence-corrected chi connectivity index (χ0v) is 27.4. The van der Waals surface area contributed by atoms with Crippen molar-refractivity contribution in [2.75, 3.05) is 13.6 Å². The summed E-state index contributed by atoms with van der Waals surface area (Å²) in [5, 5.41) is 7.96. The van der Waals surface area contributed by atoms with Crippen LogP contribution >= 0.6 is 0 Å². The van der Waals surface area contributed by atoms with Gasteiger partial charge in [-0.25, -0.2) is 0 Å². The van der Waals surface area contributed by atoms with Crippen LogP contribution in [0.1, 0.15) is 63.1 Å². The Kier molecular flexibility index (Phi) is 8.03. The monoisotopic (exact) mass is 667 g/mol. The minimum atomic E-state index is -1.39. The second-order valence-electron chi connectivity index (χ2n) is 12.9. The predicted octanol–water partition coefficient (Wildman–Crippen LogP) is 2.03. The average Bonchev–Trinajstić information content (AvgIpc) is 3.60. The lowest BCUT2D eigenvalue weighted by molar-refractivity contribution is -0.320. The molecule has 7 rings (SSSR count). The number of rotatable bonds is 7. The van der Waals surface area contributed by atoms with Crippen molar-refractivity contribution in [2.24, 2.45) is 5.92 Å². The number of carbonyl (C=O) groups excluding carboxylic acids is 4. The van der Waals surface area contributed by atoms with E-state index >= 15 is 0 Å². The topological polar surface area (TPSA) is 175 Å². The number of piperidine rings is 1. The molecule has 2 bridgehead atoms. The number of likely N-dealkylation sites (tertiary alicyclic amines) is 1. The number of hydrogen-bond donors (Lipinski definition) is 0. The average molecular weight is 668 g/mol. The number of likely N-dealkylation sites (N-methyl/N-ethyl adjacent to an activating group) is 1. The third-order valence-electron chi connectivity index (χ3n) is 9.85. The first kappa shape index (κ1) is 32.2. The molecule has 0 amide bonds. The van der Waals surface area contributed by atoms with Crippen LogP contribution in [0, 0.1) is 12.8 Å². The molecule has 1 spiro atoms. The van der Waals surface area contributed by atoms with Crippen LogP contribution < -0.4 is 9.47 Å². The van der Waals surface area contributed by atoms with Crippen LogP contribution in [0.4, 0.5) is 0 Å². The van der Waals surface area contributed by atoms with Crippen LogP contribution in [-0.4, -0.2) is 95.4 Å². The molecule has 2 saturated heterocycles. The molecule has 10 atom stereocenters. The first-order valence-corrected chi connectivity index (χ1v) is 15.9. The summed E-state index contributed by atoms with van der Waals surface area (Å²) in [6.45, 7) is 7.26. The van der Waals surface area contributed by atoms with Gasteiger partial charge in [-0.15, -0.1) is 10.2 Å². The molecule has 0 N–H and O–H groups in total. The molecule has 3 aliphatic heterocycles. The van der Waals surface area contributed by atoms with E-state index in [1.54, 1.807) is 13.0 Å². The summed E-state index contributed by atoms with van der Waals surface area (Å²) >= 11 is 0. The molecular formula is C33H37N3O12. The van der Waals surface area contributed by atoms with Crippen LogP contribution in [0.15, 0.2) is 28.7 Å². The Morgan fingerprint density at radius 3 is 2.29 bits per heavy atom. The van der Waals surface area contributed by atoms with E-state index in [1.807, 2.05) is 12.1 Å². The van der Waals surface area contributed by atoms with Gasteiger partial charge in [0.2, 0.25) is 18.1 Å². The maximum Gasteiger partial charge on any atom is 0.308 e. The molecule has 15 heteroatoms. The van der Waals surface area contributed by atoms with Crippen LogP contribution in [0.2, 0.25) is 0 Å². The molecule has 48 heavy (non-hydrogen) atoms. The van der Waals surface area contributed by atoms with E-state index in [1.165, 1.54) is 27.7 Å². The number of nitrogens with zero attached hydrogens (tertiary/aromatic N) is 3. The summed E-state index contributed by atoms with van der Waals surface area (Å²) in [6, 6.07) is 3.96. The van der Waals surface area contributed by atoms with E-state index in [2.05, 4.69) is 28.2 Å². The fourth-order valence-electron chi connectivity index (χ4n) is 8.23. The van der Waals surface area contributed by atoms with Crippen molar-refractivity contribution in [3.8, 4) is 11.5 Å². The van der Waals surface area contributed by atoms with E-state index in [-0.39, 0.29) is 23.7 Å². The van der Waals surface area contributed by atoms with Crippen LogP contribution in [-0.2, 0) is 54.7 Å². The highest BCUT2D eigenvalue weighted by molar-refractivity contribution is 5.72. The molecule has 15 nitrogen and oxygen atoms in total. The third-order valence-corrected chi connectivity index (χ3v) is 9.85. The molecule has 5 aliphatic rings. The molecule has 2 aromatic rings. The van der Waals surface area contributed by atoms with Gasteiger partial charge in [0, 0.05) is 57.6 Å². The van der Waals surface area contributed by atoms with Crippen LogP contribution in [0.25, 0.3) is 0 Å². The SMILES string of the molecule is CC(=O)Oc1ccc2c3c1O[C@H]1C(O[C@@H]4OC(c5nnc(C)o5)[C@@H](OC(C)=O)C(OC(C)=O)C4OC(C)=O)C=CC4[C@@H](C2)N(C)CC[C@@]341. The lowest BCUT2D eigenvalue weighted by Gasteiger charge is -2.57. The van der Waals surface area contributed by atoms with E-state index in [4.69, 9.17) is 37.6 Å². The Bertz CT molecular complexity index is 1690. The van der Waals surface area contributed by atoms with Gasteiger partial charge in [0.25, 0.3) is 0 Å². The molecular weight excluding hydrogens is 630 g/mol. The van der Waals surface area contributed by atoms with Gasteiger partial charge < -0.3 is 42.5 Å². The first-order chi connectivity index (χ1) is 22.9. The maximum atomic E-state index is 12.5.